The van der Waals surface area contributed by atoms with Gasteiger partial charge in [0, 0.05) is 26.2 Å². The summed E-state index contributed by atoms with van der Waals surface area (Å²) in [7, 11) is 0. The van der Waals surface area contributed by atoms with Gasteiger partial charge >= 0.3 is 0 Å². The van der Waals surface area contributed by atoms with Crippen LogP contribution in [0.1, 0.15) is 12.8 Å². The van der Waals surface area contributed by atoms with Crippen molar-refractivity contribution in [3.8, 4) is 0 Å². The normalized spacial score (nSPS) is 22.4. The molecule has 0 radical (unpaired) electrons. The molecule has 0 unspecified atom stereocenters. The fraction of sp³-hybridized carbons (Fsp3) is 1.00. The van der Waals surface area contributed by atoms with E-state index >= 15 is 0 Å². The van der Waals surface area contributed by atoms with Crippen LogP contribution in [-0.4, -0.2) is 52.4 Å². The Hall–Kier alpha value is 0.130. The van der Waals surface area contributed by atoms with Gasteiger partial charge in [-0.1, -0.05) is 0 Å². The molecule has 1 heterocycles. The topological polar surface area (TPSA) is 48.1 Å². The molecule has 1 aliphatic rings. The highest BCUT2D eigenvalue weighted by Crippen LogP contribution is 1.76. The SMILES string of the molecule is C1CNCCNCCCNCCNC1.Cl. The second-order valence-corrected chi connectivity index (χ2v) is 3.71. The molecular formula is C10H25ClN4. The second kappa shape index (κ2) is 12.2. The third-order valence-corrected chi connectivity index (χ3v) is 2.37. The summed E-state index contributed by atoms with van der Waals surface area (Å²) in [5.41, 5.74) is 0. The van der Waals surface area contributed by atoms with Gasteiger partial charge in [0.2, 0.25) is 0 Å². The van der Waals surface area contributed by atoms with Crippen molar-refractivity contribution in [1.82, 2.24) is 21.3 Å². The van der Waals surface area contributed by atoms with Gasteiger partial charge in [0.25, 0.3) is 0 Å². The van der Waals surface area contributed by atoms with Crippen molar-refractivity contribution < 1.29 is 0 Å². The fourth-order valence-electron chi connectivity index (χ4n) is 1.53. The van der Waals surface area contributed by atoms with Crippen molar-refractivity contribution in [2.75, 3.05) is 52.4 Å². The lowest BCUT2D eigenvalue weighted by atomic mass is 10.3. The molecule has 1 rings (SSSR count). The van der Waals surface area contributed by atoms with Crippen molar-refractivity contribution in [2.45, 2.75) is 12.8 Å². The van der Waals surface area contributed by atoms with Gasteiger partial charge in [0.05, 0.1) is 0 Å². The van der Waals surface area contributed by atoms with Crippen molar-refractivity contribution in [3.05, 3.63) is 0 Å². The average Bonchev–Trinajstić information content (AvgIpc) is 2.22. The van der Waals surface area contributed by atoms with Crippen LogP contribution < -0.4 is 21.3 Å². The molecule has 0 spiro atoms. The summed E-state index contributed by atoms with van der Waals surface area (Å²) >= 11 is 0. The minimum absolute atomic E-state index is 0. The molecule has 0 aromatic heterocycles. The van der Waals surface area contributed by atoms with Gasteiger partial charge in [-0.25, -0.2) is 0 Å². The molecule has 0 bridgehead atoms. The lowest BCUT2D eigenvalue weighted by Gasteiger charge is -2.10. The first-order chi connectivity index (χ1) is 7.00. The van der Waals surface area contributed by atoms with Crippen LogP contribution in [0.5, 0.6) is 0 Å². The first-order valence-corrected chi connectivity index (χ1v) is 5.83. The standard InChI is InChI=1S/C10H24N4.ClH/c1-3-11-7-9-13-5-2-6-14-10-8-12-4-1;/h11-14H,1-10H2;1H. The van der Waals surface area contributed by atoms with E-state index in [0.29, 0.717) is 0 Å². The molecule has 0 saturated carbocycles. The van der Waals surface area contributed by atoms with E-state index in [0.717, 1.165) is 52.4 Å². The molecule has 1 aliphatic heterocycles. The molecule has 1 saturated heterocycles. The summed E-state index contributed by atoms with van der Waals surface area (Å²) in [6.07, 6.45) is 2.44. The zero-order valence-corrected chi connectivity index (χ0v) is 10.3. The summed E-state index contributed by atoms with van der Waals surface area (Å²) in [4.78, 5) is 0. The second-order valence-electron chi connectivity index (χ2n) is 3.71. The molecule has 4 N–H and O–H groups in total. The van der Waals surface area contributed by atoms with Crippen LogP contribution in [0, 0.1) is 0 Å². The van der Waals surface area contributed by atoms with Gasteiger partial charge in [0.1, 0.15) is 0 Å². The molecular weight excluding hydrogens is 212 g/mol. The molecule has 0 aromatic carbocycles. The molecule has 1 fully saturated rings. The van der Waals surface area contributed by atoms with Gasteiger partial charge in [-0.05, 0) is 39.0 Å². The van der Waals surface area contributed by atoms with Crippen LogP contribution in [0.3, 0.4) is 0 Å². The van der Waals surface area contributed by atoms with E-state index in [4.69, 9.17) is 0 Å². The quantitative estimate of drug-likeness (QED) is 0.461. The smallest absolute Gasteiger partial charge is 0.00767 e. The van der Waals surface area contributed by atoms with Crippen molar-refractivity contribution in [2.24, 2.45) is 0 Å². The minimum atomic E-state index is 0. The van der Waals surface area contributed by atoms with Crippen molar-refractivity contribution >= 4 is 12.4 Å². The van der Waals surface area contributed by atoms with E-state index in [1.165, 1.54) is 12.8 Å². The Balaban J connectivity index is 0.00000196. The summed E-state index contributed by atoms with van der Waals surface area (Å²) in [5.74, 6) is 0. The predicted molar refractivity (Wildman–Crippen MR) is 68.0 cm³/mol. The molecule has 4 nitrogen and oxygen atoms in total. The Labute approximate surface area is 99.4 Å². The van der Waals surface area contributed by atoms with Gasteiger partial charge in [-0.2, -0.15) is 0 Å². The molecule has 0 aromatic rings. The largest absolute Gasteiger partial charge is 0.315 e. The van der Waals surface area contributed by atoms with E-state index in [9.17, 15) is 0 Å². The molecule has 0 aliphatic carbocycles. The molecule has 0 amide bonds. The summed E-state index contributed by atoms with van der Waals surface area (Å²) < 4.78 is 0. The van der Waals surface area contributed by atoms with E-state index in [1.807, 2.05) is 0 Å². The van der Waals surface area contributed by atoms with E-state index < -0.39 is 0 Å². The van der Waals surface area contributed by atoms with Crippen LogP contribution >= 0.6 is 12.4 Å². The number of hydrogen-bond acceptors (Lipinski definition) is 4. The van der Waals surface area contributed by atoms with Gasteiger partial charge in [-0.3, -0.25) is 0 Å². The van der Waals surface area contributed by atoms with Crippen LogP contribution in [0.2, 0.25) is 0 Å². The van der Waals surface area contributed by atoms with E-state index in [-0.39, 0.29) is 12.4 Å². The molecule has 15 heavy (non-hydrogen) atoms. The molecule has 0 atom stereocenters. The van der Waals surface area contributed by atoms with Crippen molar-refractivity contribution in [1.29, 1.82) is 0 Å². The van der Waals surface area contributed by atoms with Gasteiger partial charge in [-0.15, -0.1) is 12.4 Å². The third-order valence-electron chi connectivity index (χ3n) is 2.37. The first-order valence-electron chi connectivity index (χ1n) is 5.83. The van der Waals surface area contributed by atoms with Crippen molar-refractivity contribution in [3.63, 3.8) is 0 Å². The van der Waals surface area contributed by atoms with E-state index in [1.54, 1.807) is 0 Å². The highest BCUT2D eigenvalue weighted by molar-refractivity contribution is 5.85. The number of nitrogens with one attached hydrogen (secondary N) is 4. The maximum atomic E-state index is 3.42. The lowest BCUT2D eigenvalue weighted by Crippen LogP contribution is -2.34. The number of halogens is 1. The minimum Gasteiger partial charge on any atom is -0.315 e. The predicted octanol–water partition coefficient (Wildman–Crippen LogP) is -0.440. The Morgan fingerprint density at radius 2 is 0.667 bits per heavy atom. The Morgan fingerprint density at radius 1 is 0.400 bits per heavy atom. The van der Waals surface area contributed by atoms with Gasteiger partial charge in [0.15, 0.2) is 0 Å². The summed E-state index contributed by atoms with van der Waals surface area (Å²) in [5, 5.41) is 13.7. The zero-order chi connectivity index (χ0) is 9.90. The lowest BCUT2D eigenvalue weighted by molar-refractivity contribution is 0.530. The molecule has 92 valence electrons. The monoisotopic (exact) mass is 236 g/mol. The van der Waals surface area contributed by atoms with Crippen LogP contribution in [0.4, 0.5) is 0 Å². The number of hydrogen-bond donors (Lipinski definition) is 4. The maximum absolute atomic E-state index is 3.42. The Kier molecular flexibility index (Phi) is 12.3. The first kappa shape index (κ1) is 15.1. The summed E-state index contributed by atoms with van der Waals surface area (Å²) in [6.45, 7) is 8.87. The van der Waals surface area contributed by atoms with Crippen LogP contribution in [-0.2, 0) is 0 Å². The zero-order valence-electron chi connectivity index (χ0n) is 9.48. The molecule has 5 heteroatoms. The average molecular weight is 237 g/mol. The third kappa shape index (κ3) is 10.4. The van der Waals surface area contributed by atoms with E-state index in [2.05, 4.69) is 21.3 Å². The Morgan fingerprint density at radius 3 is 0.933 bits per heavy atom. The van der Waals surface area contributed by atoms with Crippen LogP contribution in [0.25, 0.3) is 0 Å². The highest BCUT2D eigenvalue weighted by Gasteiger charge is 1.93. The van der Waals surface area contributed by atoms with Gasteiger partial charge < -0.3 is 21.3 Å². The highest BCUT2D eigenvalue weighted by atomic mass is 35.5. The maximum Gasteiger partial charge on any atom is 0.00767 e. The Bertz CT molecular complexity index is 70.7. The van der Waals surface area contributed by atoms with Crippen LogP contribution in [0.15, 0.2) is 0 Å². The number of rotatable bonds is 0. The summed E-state index contributed by atoms with van der Waals surface area (Å²) in [6, 6.07) is 0. The fourth-order valence-corrected chi connectivity index (χ4v) is 1.53.